The highest BCUT2D eigenvalue weighted by Gasteiger charge is 2.23. The number of aromatic amines is 1. The second kappa shape index (κ2) is 7.86. The minimum absolute atomic E-state index is 0. The van der Waals surface area contributed by atoms with Gasteiger partial charge in [-0.1, -0.05) is 0 Å². The van der Waals surface area contributed by atoms with E-state index in [4.69, 9.17) is 5.73 Å². The van der Waals surface area contributed by atoms with E-state index in [-0.39, 0.29) is 30.0 Å². The first-order chi connectivity index (χ1) is 14.4. The molecule has 0 saturated carbocycles. The van der Waals surface area contributed by atoms with E-state index in [0.717, 1.165) is 41.8 Å². The van der Waals surface area contributed by atoms with E-state index in [1.165, 1.54) is 6.07 Å². The van der Waals surface area contributed by atoms with Crippen LogP contribution in [0.1, 0.15) is 28.2 Å². The van der Waals surface area contributed by atoms with Gasteiger partial charge >= 0.3 is 0 Å². The summed E-state index contributed by atoms with van der Waals surface area (Å²) in [5.74, 6) is -0.787. The summed E-state index contributed by atoms with van der Waals surface area (Å²) >= 11 is 0. The topological polar surface area (TPSA) is 91.5 Å². The lowest BCUT2D eigenvalue weighted by molar-refractivity contribution is 0.102. The number of aromatic nitrogens is 3. The molecule has 0 aliphatic carbocycles. The fraction of sp³-hybridized carbons (Fsp3) is 0.273. The highest BCUT2D eigenvalue weighted by atomic mass is 35.5. The van der Waals surface area contributed by atoms with Crippen molar-refractivity contribution in [2.45, 2.75) is 26.3 Å². The lowest BCUT2D eigenvalue weighted by atomic mass is 10.1. The molecular formula is C22H24ClFN6O. The Labute approximate surface area is 184 Å². The number of pyridine rings is 1. The Balaban J connectivity index is 0.00000231. The highest BCUT2D eigenvalue weighted by Crippen LogP contribution is 2.32. The van der Waals surface area contributed by atoms with E-state index in [1.54, 1.807) is 23.7 Å². The molecule has 162 valence electrons. The van der Waals surface area contributed by atoms with Crippen molar-refractivity contribution in [1.29, 1.82) is 0 Å². The van der Waals surface area contributed by atoms with E-state index >= 15 is 0 Å². The van der Waals surface area contributed by atoms with Crippen molar-refractivity contribution >= 4 is 46.2 Å². The van der Waals surface area contributed by atoms with Crippen LogP contribution in [0.3, 0.4) is 0 Å². The number of nitrogens with one attached hydrogen (secondary N) is 2. The Morgan fingerprint density at radius 2 is 2.10 bits per heavy atom. The van der Waals surface area contributed by atoms with Crippen LogP contribution in [0.4, 0.5) is 15.8 Å². The average molecular weight is 443 g/mol. The van der Waals surface area contributed by atoms with Crippen molar-refractivity contribution in [2.24, 2.45) is 5.73 Å². The quantitative estimate of drug-likeness (QED) is 0.450. The number of carbonyl (C=O) groups is 1. The number of fused-ring (bicyclic) bond motifs is 2. The number of halogens is 2. The zero-order valence-corrected chi connectivity index (χ0v) is 18.1. The van der Waals surface area contributed by atoms with Gasteiger partial charge in [-0.25, -0.2) is 9.37 Å². The Morgan fingerprint density at radius 1 is 1.29 bits per heavy atom. The van der Waals surface area contributed by atoms with E-state index in [2.05, 4.69) is 20.2 Å². The molecule has 1 amide bonds. The monoisotopic (exact) mass is 442 g/mol. The summed E-state index contributed by atoms with van der Waals surface area (Å²) in [7, 11) is 0. The number of nitrogens with two attached hydrogens (primary N) is 1. The second-order valence-corrected chi connectivity index (χ2v) is 8.01. The van der Waals surface area contributed by atoms with Crippen molar-refractivity contribution in [1.82, 2.24) is 14.4 Å². The number of nitrogens with zero attached hydrogens (tertiary/aromatic N) is 3. The van der Waals surface area contributed by atoms with Crippen LogP contribution in [0.2, 0.25) is 0 Å². The number of aryl methyl sites for hydroxylation is 2. The number of hydrogen-bond donors (Lipinski definition) is 3. The predicted molar refractivity (Wildman–Crippen MR) is 123 cm³/mol. The van der Waals surface area contributed by atoms with Gasteiger partial charge in [0.1, 0.15) is 0 Å². The second-order valence-electron chi connectivity index (χ2n) is 8.01. The van der Waals surface area contributed by atoms with Gasteiger partial charge in [0, 0.05) is 54.4 Å². The molecule has 4 heterocycles. The Morgan fingerprint density at radius 3 is 2.84 bits per heavy atom. The largest absolute Gasteiger partial charge is 0.369 e. The molecule has 1 fully saturated rings. The molecule has 1 aliphatic heterocycles. The summed E-state index contributed by atoms with van der Waals surface area (Å²) in [6.45, 7) is 5.46. The minimum Gasteiger partial charge on any atom is -0.369 e. The van der Waals surface area contributed by atoms with Gasteiger partial charge in [-0.05, 0) is 38.5 Å². The van der Waals surface area contributed by atoms with Crippen LogP contribution in [0.15, 0.2) is 36.7 Å². The van der Waals surface area contributed by atoms with E-state index in [1.807, 2.05) is 25.1 Å². The predicted octanol–water partition coefficient (Wildman–Crippen LogP) is 3.78. The lowest BCUT2D eigenvalue weighted by Gasteiger charge is -2.20. The van der Waals surface area contributed by atoms with Crippen molar-refractivity contribution in [3.8, 4) is 0 Å². The Hall–Kier alpha value is -3.10. The highest BCUT2D eigenvalue weighted by molar-refractivity contribution is 6.14. The maximum Gasteiger partial charge on any atom is 0.257 e. The van der Waals surface area contributed by atoms with Crippen LogP contribution in [-0.4, -0.2) is 39.4 Å². The molecule has 3 aromatic heterocycles. The molecule has 1 atom stereocenters. The number of hydrogen-bond acceptors (Lipinski definition) is 4. The van der Waals surface area contributed by atoms with E-state index in [0.29, 0.717) is 16.9 Å². The molecule has 0 radical (unpaired) electrons. The smallest absolute Gasteiger partial charge is 0.257 e. The number of carbonyl (C=O) groups excluding carboxylic acids is 1. The third kappa shape index (κ3) is 3.73. The standard InChI is InChI=1S/C22H23FN6O.ClH/c1-12-7-17-19(28-6-5-14(24)10-28)4-3-16(20(17)25-12)22(30)27-15-8-18(23)21-26-13(2)9-29(21)11-15;/h3-4,7-9,11,14,25H,5-6,10,24H2,1-2H3,(H,27,30);1H/t14-;/m1./s1. The summed E-state index contributed by atoms with van der Waals surface area (Å²) in [6.07, 6.45) is 4.33. The summed E-state index contributed by atoms with van der Waals surface area (Å²) in [6, 6.07) is 7.27. The zero-order valence-electron chi connectivity index (χ0n) is 17.3. The number of rotatable bonds is 3. The number of imidazole rings is 1. The molecule has 4 aromatic rings. The van der Waals surface area contributed by atoms with Crippen LogP contribution in [-0.2, 0) is 0 Å². The SMILES string of the molecule is Cc1cn2cc(NC(=O)c3ccc(N4CC[C@@H](N)C4)c4cc(C)[nH]c34)cc(F)c2n1.Cl. The van der Waals surface area contributed by atoms with Gasteiger partial charge in [-0.15, -0.1) is 12.4 Å². The van der Waals surface area contributed by atoms with E-state index < -0.39 is 5.82 Å². The van der Waals surface area contributed by atoms with Gasteiger partial charge in [-0.3, -0.25) is 4.79 Å². The molecule has 0 bridgehead atoms. The number of amides is 1. The number of H-pyrrole nitrogens is 1. The van der Waals surface area contributed by atoms with Crippen LogP contribution in [0, 0.1) is 19.7 Å². The van der Waals surface area contributed by atoms with Crippen molar-refractivity contribution in [3.05, 3.63) is 59.4 Å². The lowest BCUT2D eigenvalue weighted by Crippen LogP contribution is -2.26. The van der Waals surface area contributed by atoms with Crippen LogP contribution in [0.5, 0.6) is 0 Å². The van der Waals surface area contributed by atoms with E-state index in [9.17, 15) is 9.18 Å². The molecule has 7 nitrogen and oxygen atoms in total. The molecule has 0 unspecified atom stereocenters. The van der Waals surface area contributed by atoms with Crippen LogP contribution < -0.4 is 16.0 Å². The zero-order chi connectivity index (χ0) is 21.0. The van der Waals surface area contributed by atoms with Gasteiger partial charge < -0.3 is 25.3 Å². The molecule has 9 heteroatoms. The maximum absolute atomic E-state index is 14.4. The molecule has 31 heavy (non-hydrogen) atoms. The summed E-state index contributed by atoms with van der Waals surface area (Å²) in [5.41, 5.74) is 10.7. The minimum atomic E-state index is -0.484. The Kier molecular flexibility index (Phi) is 5.36. The van der Waals surface area contributed by atoms with Crippen molar-refractivity contribution in [3.63, 3.8) is 0 Å². The van der Waals surface area contributed by atoms with Gasteiger partial charge in [0.05, 0.1) is 22.5 Å². The van der Waals surface area contributed by atoms with Gasteiger partial charge in [0.2, 0.25) is 0 Å². The summed E-state index contributed by atoms with van der Waals surface area (Å²) < 4.78 is 15.9. The summed E-state index contributed by atoms with van der Waals surface area (Å²) in [5, 5.41) is 3.80. The number of benzene rings is 1. The molecule has 1 saturated heterocycles. The first-order valence-corrected chi connectivity index (χ1v) is 9.98. The van der Waals surface area contributed by atoms with Gasteiger partial charge in [0.15, 0.2) is 11.5 Å². The van der Waals surface area contributed by atoms with Crippen molar-refractivity contribution in [2.75, 3.05) is 23.3 Å². The third-order valence-corrected chi connectivity index (χ3v) is 5.60. The summed E-state index contributed by atoms with van der Waals surface area (Å²) in [4.78, 5) is 22.8. The van der Waals surface area contributed by atoms with Crippen LogP contribution >= 0.6 is 12.4 Å². The number of anilines is 2. The van der Waals surface area contributed by atoms with Gasteiger partial charge in [0.25, 0.3) is 5.91 Å². The maximum atomic E-state index is 14.4. The molecule has 0 spiro atoms. The molecule has 4 N–H and O–H groups in total. The fourth-order valence-electron chi connectivity index (χ4n) is 4.26. The third-order valence-electron chi connectivity index (χ3n) is 5.60. The average Bonchev–Trinajstić information content (AvgIpc) is 3.38. The molecule has 1 aliphatic rings. The first-order valence-electron chi connectivity index (χ1n) is 9.98. The fourth-order valence-corrected chi connectivity index (χ4v) is 4.26. The first kappa shape index (κ1) is 21.1. The van der Waals surface area contributed by atoms with Crippen LogP contribution in [0.25, 0.3) is 16.6 Å². The van der Waals surface area contributed by atoms with Gasteiger partial charge in [-0.2, -0.15) is 0 Å². The Bertz CT molecular complexity index is 1300. The normalized spacial score (nSPS) is 16.1. The molecular weight excluding hydrogens is 419 g/mol. The molecule has 1 aromatic carbocycles. The molecule has 5 rings (SSSR count). The van der Waals surface area contributed by atoms with Crippen molar-refractivity contribution < 1.29 is 9.18 Å².